The van der Waals surface area contributed by atoms with Crippen LogP contribution in [0.15, 0.2) is 58.2 Å². The highest BCUT2D eigenvalue weighted by molar-refractivity contribution is 8.00. The molecule has 0 radical (unpaired) electrons. The normalized spacial score (nSPS) is 11.8. The number of anilines is 1. The number of rotatable bonds is 7. The fourth-order valence-corrected chi connectivity index (χ4v) is 2.88. The van der Waals surface area contributed by atoms with Crippen molar-refractivity contribution in [1.29, 1.82) is 0 Å². The van der Waals surface area contributed by atoms with Crippen LogP contribution in [0, 0.1) is 12.7 Å². The SMILES string of the molecule is Cc1cccc(OCc2nnc(S[C@H](C)C(=O)Nc3ccc(F)cc3)o2)c1. The van der Waals surface area contributed by atoms with Crippen LogP contribution in [0.4, 0.5) is 10.1 Å². The first-order valence-corrected chi connectivity index (χ1v) is 9.12. The Kier molecular flexibility index (Phi) is 6.08. The molecule has 0 saturated carbocycles. The molecule has 0 fully saturated rings. The van der Waals surface area contributed by atoms with Gasteiger partial charge in [-0.1, -0.05) is 23.9 Å². The lowest BCUT2D eigenvalue weighted by Crippen LogP contribution is -2.22. The van der Waals surface area contributed by atoms with Crippen LogP contribution in [0.3, 0.4) is 0 Å². The van der Waals surface area contributed by atoms with Crippen LogP contribution in [-0.2, 0) is 11.4 Å². The van der Waals surface area contributed by atoms with Crippen LogP contribution >= 0.6 is 11.8 Å². The molecule has 0 aliphatic heterocycles. The highest BCUT2D eigenvalue weighted by Crippen LogP contribution is 2.23. The van der Waals surface area contributed by atoms with Gasteiger partial charge < -0.3 is 14.5 Å². The topological polar surface area (TPSA) is 77.2 Å². The molecular weight excluding hydrogens is 369 g/mol. The number of thioether (sulfide) groups is 1. The number of halogens is 1. The second kappa shape index (κ2) is 8.68. The van der Waals surface area contributed by atoms with Crippen LogP contribution in [0.1, 0.15) is 18.4 Å². The van der Waals surface area contributed by atoms with Gasteiger partial charge in [0.05, 0.1) is 5.25 Å². The molecule has 0 unspecified atom stereocenters. The van der Waals surface area contributed by atoms with Crippen molar-refractivity contribution in [2.24, 2.45) is 0 Å². The maximum Gasteiger partial charge on any atom is 0.277 e. The van der Waals surface area contributed by atoms with E-state index in [-0.39, 0.29) is 23.6 Å². The maximum atomic E-state index is 12.9. The third-order valence-corrected chi connectivity index (χ3v) is 4.49. The van der Waals surface area contributed by atoms with Gasteiger partial charge in [-0.25, -0.2) is 4.39 Å². The van der Waals surface area contributed by atoms with Crippen LogP contribution in [0.25, 0.3) is 0 Å². The molecule has 0 aliphatic rings. The predicted molar refractivity (Wildman–Crippen MR) is 100 cm³/mol. The second-order valence-corrected chi connectivity index (χ2v) is 7.12. The summed E-state index contributed by atoms with van der Waals surface area (Å²) in [7, 11) is 0. The number of aryl methyl sites for hydroxylation is 1. The smallest absolute Gasteiger partial charge is 0.277 e. The van der Waals surface area contributed by atoms with E-state index in [1.807, 2.05) is 31.2 Å². The van der Waals surface area contributed by atoms with Crippen molar-refractivity contribution in [3.05, 3.63) is 65.8 Å². The molecule has 3 rings (SSSR count). The van der Waals surface area contributed by atoms with E-state index >= 15 is 0 Å². The van der Waals surface area contributed by atoms with E-state index < -0.39 is 5.25 Å². The zero-order valence-corrected chi connectivity index (χ0v) is 15.6. The lowest BCUT2D eigenvalue weighted by atomic mass is 10.2. The van der Waals surface area contributed by atoms with Gasteiger partial charge >= 0.3 is 0 Å². The van der Waals surface area contributed by atoms with Crippen LogP contribution in [0.5, 0.6) is 5.75 Å². The van der Waals surface area contributed by atoms with E-state index in [2.05, 4.69) is 15.5 Å². The molecule has 0 bridgehead atoms. The fraction of sp³-hybridized carbons (Fsp3) is 0.211. The number of amides is 1. The molecular formula is C19H18FN3O3S. The third-order valence-electron chi connectivity index (χ3n) is 3.56. The van der Waals surface area contributed by atoms with E-state index in [0.29, 0.717) is 11.6 Å². The third kappa shape index (κ3) is 5.55. The number of hydrogen-bond donors (Lipinski definition) is 1. The Hall–Kier alpha value is -2.87. The number of carbonyl (C=O) groups is 1. The van der Waals surface area contributed by atoms with E-state index in [4.69, 9.17) is 9.15 Å². The molecule has 1 N–H and O–H groups in total. The van der Waals surface area contributed by atoms with E-state index in [9.17, 15) is 9.18 Å². The highest BCUT2D eigenvalue weighted by Gasteiger charge is 2.18. The zero-order chi connectivity index (χ0) is 19.2. The van der Waals surface area contributed by atoms with Crippen molar-refractivity contribution in [3.8, 4) is 5.75 Å². The van der Waals surface area contributed by atoms with Gasteiger partial charge in [-0.05, 0) is 55.8 Å². The van der Waals surface area contributed by atoms with Crippen molar-refractivity contribution in [2.45, 2.75) is 30.9 Å². The predicted octanol–water partition coefficient (Wildman–Crippen LogP) is 4.22. The molecule has 3 aromatic rings. The molecule has 8 heteroatoms. The van der Waals surface area contributed by atoms with Gasteiger partial charge in [-0.15, -0.1) is 10.2 Å². The molecule has 27 heavy (non-hydrogen) atoms. The number of nitrogens with zero attached hydrogens (tertiary/aromatic N) is 2. The Labute approximate surface area is 160 Å². The first-order chi connectivity index (χ1) is 13.0. The van der Waals surface area contributed by atoms with Crippen molar-refractivity contribution in [2.75, 3.05) is 5.32 Å². The summed E-state index contributed by atoms with van der Waals surface area (Å²) in [5.74, 6) is 0.434. The highest BCUT2D eigenvalue weighted by atomic mass is 32.2. The first-order valence-electron chi connectivity index (χ1n) is 8.24. The number of carbonyl (C=O) groups excluding carboxylic acids is 1. The van der Waals surface area contributed by atoms with E-state index in [0.717, 1.165) is 23.1 Å². The lowest BCUT2D eigenvalue weighted by Gasteiger charge is -2.09. The summed E-state index contributed by atoms with van der Waals surface area (Å²) < 4.78 is 24.0. The molecule has 1 amide bonds. The van der Waals surface area contributed by atoms with Crippen molar-refractivity contribution in [3.63, 3.8) is 0 Å². The van der Waals surface area contributed by atoms with Gasteiger partial charge in [-0.2, -0.15) is 0 Å². The molecule has 2 aromatic carbocycles. The number of nitrogens with one attached hydrogen (secondary N) is 1. The van der Waals surface area contributed by atoms with Crippen molar-refractivity contribution >= 4 is 23.4 Å². The Morgan fingerprint density at radius 3 is 2.78 bits per heavy atom. The van der Waals surface area contributed by atoms with Crippen molar-refractivity contribution < 1.29 is 18.3 Å². The molecule has 0 aliphatic carbocycles. The summed E-state index contributed by atoms with van der Waals surface area (Å²) in [4.78, 5) is 12.2. The largest absolute Gasteiger partial charge is 0.484 e. The Bertz CT molecular complexity index is 915. The summed E-state index contributed by atoms with van der Waals surface area (Å²) in [6, 6.07) is 13.2. The van der Waals surface area contributed by atoms with Gasteiger partial charge in [0, 0.05) is 5.69 Å². The van der Waals surface area contributed by atoms with E-state index in [1.54, 1.807) is 6.92 Å². The summed E-state index contributed by atoms with van der Waals surface area (Å²) >= 11 is 1.14. The standard InChI is InChI=1S/C19H18FN3O3S/c1-12-4-3-5-16(10-12)25-11-17-22-23-19(26-17)27-13(2)18(24)21-15-8-6-14(20)7-9-15/h3-10,13H,11H2,1-2H3,(H,21,24)/t13-/m1/s1. The number of aromatic nitrogens is 2. The van der Waals surface area contributed by atoms with Gasteiger partial charge in [-0.3, -0.25) is 4.79 Å². The van der Waals surface area contributed by atoms with E-state index in [1.165, 1.54) is 24.3 Å². The average molecular weight is 387 g/mol. The molecule has 0 saturated heterocycles. The van der Waals surface area contributed by atoms with Gasteiger partial charge in [0.2, 0.25) is 5.91 Å². The number of benzene rings is 2. The number of ether oxygens (including phenoxy) is 1. The van der Waals surface area contributed by atoms with Gasteiger partial charge in [0.1, 0.15) is 11.6 Å². The number of hydrogen-bond acceptors (Lipinski definition) is 6. The summed E-state index contributed by atoms with van der Waals surface area (Å²) in [6.07, 6.45) is 0. The monoisotopic (exact) mass is 387 g/mol. The minimum Gasteiger partial charge on any atom is -0.484 e. The summed E-state index contributed by atoms with van der Waals surface area (Å²) in [5.41, 5.74) is 1.61. The Balaban J connectivity index is 1.51. The molecule has 1 heterocycles. The Morgan fingerprint density at radius 2 is 2.04 bits per heavy atom. The van der Waals surface area contributed by atoms with Crippen LogP contribution < -0.4 is 10.1 Å². The van der Waals surface area contributed by atoms with Crippen molar-refractivity contribution in [1.82, 2.24) is 10.2 Å². The molecule has 140 valence electrons. The summed E-state index contributed by atoms with van der Waals surface area (Å²) in [6.45, 7) is 3.84. The summed E-state index contributed by atoms with van der Waals surface area (Å²) in [5, 5.41) is 10.4. The van der Waals surface area contributed by atoms with Crippen LogP contribution in [0.2, 0.25) is 0 Å². The maximum absolute atomic E-state index is 12.9. The lowest BCUT2D eigenvalue weighted by molar-refractivity contribution is -0.115. The van der Waals surface area contributed by atoms with Gasteiger partial charge in [0.15, 0.2) is 6.61 Å². The minimum atomic E-state index is -0.471. The van der Waals surface area contributed by atoms with Gasteiger partial charge in [0.25, 0.3) is 11.1 Å². The van der Waals surface area contributed by atoms with Crippen LogP contribution in [-0.4, -0.2) is 21.4 Å². The molecule has 1 atom stereocenters. The minimum absolute atomic E-state index is 0.146. The zero-order valence-electron chi connectivity index (χ0n) is 14.8. The molecule has 6 nitrogen and oxygen atoms in total. The molecule has 1 aromatic heterocycles. The quantitative estimate of drug-likeness (QED) is 0.612. The second-order valence-electron chi connectivity index (χ2n) is 5.82. The average Bonchev–Trinajstić information content (AvgIpc) is 3.09. The molecule has 0 spiro atoms. The first kappa shape index (κ1) is 18.9. The Morgan fingerprint density at radius 1 is 1.26 bits per heavy atom. The fourth-order valence-electron chi connectivity index (χ4n) is 2.18.